The molecule has 0 atom stereocenters. The van der Waals surface area contributed by atoms with Gasteiger partial charge >= 0.3 is 0 Å². The van der Waals surface area contributed by atoms with E-state index in [1.165, 1.54) is 11.8 Å². The van der Waals surface area contributed by atoms with Crippen molar-refractivity contribution in [1.82, 2.24) is 5.32 Å². The number of thiocarbonyl (C=S) groups is 1. The second-order valence-corrected chi connectivity index (χ2v) is 5.64. The van der Waals surface area contributed by atoms with E-state index in [1.807, 2.05) is 32.0 Å². The summed E-state index contributed by atoms with van der Waals surface area (Å²) in [5.74, 6) is 1.22. The first kappa shape index (κ1) is 14.9. The first-order valence-corrected chi connectivity index (χ1v) is 7.51. The number of benzene rings is 1. The number of hydrogen-bond donors (Lipinski definition) is 1. The third kappa shape index (κ3) is 3.52. The summed E-state index contributed by atoms with van der Waals surface area (Å²) in [4.78, 5) is 12.2. The van der Waals surface area contributed by atoms with Gasteiger partial charge in [-0.05, 0) is 37.6 Å². The SMILES string of the molecule is CCOc1ccc(/C=C2/SC(=S)NC2=O)cc1OCC. The maximum atomic E-state index is 11.6. The Labute approximate surface area is 127 Å². The van der Waals surface area contributed by atoms with Crippen LogP contribution in [0.5, 0.6) is 11.5 Å². The Hall–Kier alpha value is -1.53. The number of carbonyl (C=O) groups excluding carboxylic acids is 1. The number of ether oxygens (including phenoxy) is 2. The summed E-state index contributed by atoms with van der Waals surface area (Å²) in [6.07, 6.45) is 1.79. The Bertz CT molecular complexity index is 570. The van der Waals surface area contributed by atoms with Crippen LogP contribution < -0.4 is 14.8 Å². The van der Waals surface area contributed by atoms with Gasteiger partial charge < -0.3 is 14.8 Å². The highest BCUT2D eigenvalue weighted by Crippen LogP contribution is 2.31. The van der Waals surface area contributed by atoms with Crippen LogP contribution in [-0.2, 0) is 4.79 Å². The Kier molecular flexibility index (Phi) is 5.03. The van der Waals surface area contributed by atoms with E-state index in [1.54, 1.807) is 6.08 Å². The summed E-state index contributed by atoms with van der Waals surface area (Å²) in [7, 11) is 0. The molecule has 1 amide bonds. The van der Waals surface area contributed by atoms with Crippen molar-refractivity contribution in [2.24, 2.45) is 0 Å². The van der Waals surface area contributed by atoms with Crippen LogP contribution in [0.4, 0.5) is 0 Å². The Morgan fingerprint density at radius 2 is 1.95 bits per heavy atom. The Balaban J connectivity index is 2.29. The highest BCUT2D eigenvalue weighted by atomic mass is 32.2. The molecule has 1 aromatic carbocycles. The van der Waals surface area contributed by atoms with Crippen LogP contribution in [0.3, 0.4) is 0 Å². The molecule has 0 saturated carbocycles. The molecule has 0 aromatic heterocycles. The van der Waals surface area contributed by atoms with Crippen molar-refractivity contribution in [3.63, 3.8) is 0 Å². The summed E-state index contributed by atoms with van der Waals surface area (Å²) in [6, 6.07) is 5.59. The zero-order valence-corrected chi connectivity index (χ0v) is 12.9. The molecule has 0 bridgehead atoms. The molecule has 0 spiro atoms. The van der Waals surface area contributed by atoms with Crippen LogP contribution in [0.2, 0.25) is 0 Å². The molecule has 6 heteroatoms. The molecular weight excluding hydrogens is 294 g/mol. The monoisotopic (exact) mass is 309 g/mol. The number of carbonyl (C=O) groups is 1. The van der Waals surface area contributed by atoms with Gasteiger partial charge in [0.1, 0.15) is 4.32 Å². The van der Waals surface area contributed by atoms with Crippen molar-refractivity contribution in [3.05, 3.63) is 28.7 Å². The fourth-order valence-corrected chi connectivity index (χ4v) is 2.77. The second kappa shape index (κ2) is 6.76. The van der Waals surface area contributed by atoms with Gasteiger partial charge in [-0.3, -0.25) is 4.79 Å². The fourth-order valence-electron chi connectivity index (χ4n) is 1.73. The van der Waals surface area contributed by atoms with E-state index < -0.39 is 0 Å². The van der Waals surface area contributed by atoms with Crippen LogP contribution >= 0.6 is 24.0 Å². The number of thioether (sulfide) groups is 1. The highest BCUT2D eigenvalue weighted by molar-refractivity contribution is 8.26. The number of rotatable bonds is 5. The first-order valence-electron chi connectivity index (χ1n) is 6.28. The number of nitrogens with one attached hydrogen (secondary N) is 1. The van der Waals surface area contributed by atoms with Crippen molar-refractivity contribution in [1.29, 1.82) is 0 Å². The molecule has 106 valence electrons. The van der Waals surface area contributed by atoms with E-state index in [-0.39, 0.29) is 5.91 Å². The largest absolute Gasteiger partial charge is 0.490 e. The zero-order chi connectivity index (χ0) is 14.5. The molecular formula is C14H15NO3S2. The predicted molar refractivity (Wildman–Crippen MR) is 85.1 cm³/mol. The summed E-state index contributed by atoms with van der Waals surface area (Å²) < 4.78 is 11.5. The molecule has 0 unspecified atom stereocenters. The third-order valence-electron chi connectivity index (χ3n) is 2.51. The van der Waals surface area contributed by atoms with Gasteiger partial charge in [0.2, 0.25) is 0 Å². The minimum Gasteiger partial charge on any atom is -0.490 e. The average molecular weight is 309 g/mol. The smallest absolute Gasteiger partial charge is 0.263 e. The van der Waals surface area contributed by atoms with Gasteiger partial charge in [0.25, 0.3) is 5.91 Å². The summed E-state index contributed by atoms with van der Waals surface area (Å²) in [5, 5.41) is 2.59. The predicted octanol–water partition coefficient (Wildman–Crippen LogP) is 2.97. The van der Waals surface area contributed by atoms with E-state index >= 15 is 0 Å². The maximum Gasteiger partial charge on any atom is 0.263 e. The lowest BCUT2D eigenvalue weighted by molar-refractivity contribution is -0.115. The van der Waals surface area contributed by atoms with E-state index in [2.05, 4.69) is 5.32 Å². The average Bonchev–Trinajstić information content (AvgIpc) is 2.71. The molecule has 1 N–H and O–H groups in total. The molecule has 1 saturated heterocycles. The number of hydrogen-bond acceptors (Lipinski definition) is 5. The van der Waals surface area contributed by atoms with Crippen molar-refractivity contribution < 1.29 is 14.3 Å². The molecule has 0 aliphatic carbocycles. The van der Waals surface area contributed by atoms with Gasteiger partial charge in [-0.1, -0.05) is 30.0 Å². The molecule has 1 aliphatic rings. The van der Waals surface area contributed by atoms with E-state index in [0.29, 0.717) is 33.9 Å². The summed E-state index contributed by atoms with van der Waals surface area (Å²) in [6.45, 7) is 4.97. The van der Waals surface area contributed by atoms with E-state index in [9.17, 15) is 4.79 Å². The van der Waals surface area contributed by atoms with Gasteiger partial charge in [0, 0.05) is 0 Å². The summed E-state index contributed by atoms with van der Waals surface area (Å²) in [5.41, 5.74) is 0.874. The lowest BCUT2D eigenvalue weighted by atomic mass is 10.2. The molecule has 1 fully saturated rings. The Morgan fingerprint density at radius 1 is 1.25 bits per heavy atom. The normalized spacial score (nSPS) is 16.4. The van der Waals surface area contributed by atoms with Crippen LogP contribution in [0.15, 0.2) is 23.1 Å². The molecule has 1 aliphatic heterocycles. The lowest BCUT2D eigenvalue weighted by Crippen LogP contribution is -2.17. The minimum absolute atomic E-state index is 0.160. The van der Waals surface area contributed by atoms with Crippen LogP contribution in [0.25, 0.3) is 6.08 Å². The van der Waals surface area contributed by atoms with Gasteiger partial charge in [0.15, 0.2) is 11.5 Å². The Morgan fingerprint density at radius 3 is 2.55 bits per heavy atom. The zero-order valence-electron chi connectivity index (χ0n) is 11.3. The lowest BCUT2D eigenvalue weighted by Gasteiger charge is -2.11. The molecule has 2 rings (SSSR count). The number of amides is 1. The quantitative estimate of drug-likeness (QED) is 0.669. The maximum absolute atomic E-state index is 11.6. The summed E-state index contributed by atoms with van der Waals surface area (Å²) >= 11 is 6.22. The van der Waals surface area contributed by atoms with Crippen molar-refractivity contribution in [3.8, 4) is 11.5 Å². The molecule has 1 heterocycles. The minimum atomic E-state index is -0.160. The van der Waals surface area contributed by atoms with Crippen molar-refractivity contribution >= 4 is 40.3 Å². The second-order valence-electron chi connectivity index (χ2n) is 3.92. The van der Waals surface area contributed by atoms with Crippen LogP contribution in [-0.4, -0.2) is 23.4 Å². The first-order chi connectivity index (χ1) is 9.63. The molecule has 20 heavy (non-hydrogen) atoms. The van der Waals surface area contributed by atoms with Gasteiger partial charge in [0.05, 0.1) is 18.1 Å². The topological polar surface area (TPSA) is 47.6 Å². The van der Waals surface area contributed by atoms with Crippen LogP contribution in [0, 0.1) is 0 Å². The third-order valence-corrected chi connectivity index (χ3v) is 3.67. The van der Waals surface area contributed by atoms with Gasteiger partial charge in [-0.2, -0.15) is 0 Å². The van der Waals surface area contributed by atoms with Gasteiger partial charge in [-0.15, -0.1) is 0 Å². The van der Waals surface area contributed by atoms with Crippen molar-refractivity contribution in [2.75, 3.05) is 13.2 Å². The van der Waals surface area contributed by atoms with E-state index in [0.717, 1.165) is 5.56 Å². The molecule has 0 radical (unpaired) electrons. The van der Waals surface area contributed by atoms with E-state index in [4.69, 9.17) is 21.7 Å². The highest BCUT2D eigenvalue weighted by Gasteiger charge is 2.22. The standard InChI is InChI=1S/C14H15NO3S2/c1-3-17-10-6-5-9(7-11(10)18-4-2)8-12-13(16)15-14(19)20-12/h5-8H,3-4H2,1-2H3,(H,15,16,19)/b12-8+. The fraction of sp³-hybridized carbons (Fsp3) is 0.286. The molecule has 1 aromatic rings. The van der Waals surface area contributed by atoms with Crippen LogP contribution in [0.1, 0.15) is 19.4 Å². The molecule has 4 nitrogen and oxygen atoms in total. The van der Waals surface area contributed by atoms with Gasteiger partial charge in [-0.25, -0.2) is 0 Å². The van der Waals surface area contributed by atoms with Crippen molar-refractivity contribution in [2.45, 2.75) is 13.8 Å².